The summed E-state index contributed by atoms with van der Waals surface area (Å²) in [7, 11) is -0.668. The molecule has 1 unspecified atom stereocenters. The predicted molar refractivity (Wildman–Crippen MR) is 103 cm³/mol. The molecule has 0 heterocycles. The van der Waals surface area contributed by atoms with Crippen molar-refractivity contribution >= 4 is 21.0 Å². The Morgan fingerprint density at radius 3 is 2.23 bits per heavy atom. The SMILES string of the molecule is COCCN(CCOC)S(=O)(=O)NC(CN)c1ccc2ccccc2c1. The van der Waals surface area contributed by atoms with Gasteiger partial charge < -0.3 is 15.2 Å². The number of benzene rings is 2. The molecule has 2 rings (SSSR count). The standard InChI is InChI=1S/C18H27N3O4S/c1-24-11-9-21(10-12-25-2)26(22,23)20-18(14-19)17-8-7-15-5-3-4-6-16(15)13-17/h3-8,13,18,20H,9-12,14,19H2,1-2H3. The van der Waals surface area contributed by atoms with E-state index in [1.54, 1.807) is 0 Å². The molecule has 0 spiro atoms. The van der Waals surface area contributed by atoms with Gasteiger partial charge in [0.15, 0.2) is 0 Å². The maximum atomic E-state index is 12.8. The zero-order valence-electron chi connectivity index (χ0n) is 15.2. The van der Waals surface area contributed by atoms with Crippen LogP contribution in [0.15, 0.2) is 42.5 Å². The maximum Gasteiger partial charge on any atom is 0.280 e. The Hall–Kier alpha value is -1.55. The molecule has 144 valence electrons. The molecule has 0 aromatic heterocycles. The highest BCUT2D eigenvalue weighted by Crippen LogP contribution is 2.21. The largest absolute Gasteiger partial charge is 0.383 e. The lowest BCUT2D eigenvalue weighted by atomic mass is 10.0. The highest BCUT2D eigenvalue weighted by atomic mass is 32.2. The minimum atomic E-state index is -3.74. The van der Waals surface area contributed by atoms with E-state index in [0.29, 0.717) is 13.2 Å². The van der Waals surface area contributed by atoms with E-state index in [4.69, 9.17) is 15.2 Å². The first-order valence-electron chi connectivity index (χ1n) is 8.46. The molecule has 7 nitrogen and oxygen atoms in total. The number of hydrogen-bond acceptors (Lipinski definition) is 5. The lowest BCUT2D eigenvalue weighted by Gasteiger charge is -2.25. The summed E-state index contributed by atoms with van der Waals surface area (Å²) in [4.78, 5) is 0. The van der Waals surface area contributed by atoms with E-state index in [1.807, 2.05) is 42.5 Å². The van der Waals surface area contributed by atoms with Crippen LogP contribution >= 0.6 is 0 Å². The summed E-state index contributed by atoms with van der Waals surface area (Å²) in [6.07, 6.45) is 0. The van der Waals surface area contributed by atoms with Crippen molar-refractivity contribution in [3.05, 3.63) is 48.0 Å². The number of nitrogens with zero attached hydrogens (tertiary/aromatic N) is 1. The van der Waals surface area contributed by atoms with Crippen LogP contribution in [0.4, 0.5) is 0 Å². The van der Waals surface area contributed by atoms with Gasteiger partial charge in [-0.05, 0) is 22.4 Å². The summed E-state index contributed by atoms with van der Waals surface area (Å²) < 4.78 is 39.6. The van der Waals surface area contributed by atoms with E-state index in [0.717, 1.165) is 16.3 Å². The van der Waals surface area contributed by atoms with Crippen LogP contribution in [0.25, 0.3) is 10.8 Å². The Morgan fingerprint density at radius 2 is 1.65 bits per heavy atom. The molecule has 0 aliphatic rings. The van der Waals surface area contributed by atoms with E-state index >= 15 is 0 Å². The summed E-state index contributed by atoms with van der Waals surface area (Å²) >= 11 is 0. The van der Waals surface area contributed by atoms with E-state index in [-0.39, 0.29) is 19.6 Å². The van der Waals surface area contributed by atoms with Crippen LogP contribution in [0.2, 0.25) is 0 Å². The zero-order valence-corrected chi connectivity index (χ0v) is 16.0. The minimum Gasteiger partial charge on any atom is -0.383 e. The number of ether oxygens (including phenoxy) is 2. The van der Waals surface area contributed by atoms with E-state index in [9.17, 15) is 8.42 Å². The molecule has 0 fully saturated rings. The van der Waals surface area contributed by atoms with Crippen LogP contribution in [-0.4, -0.2) is 59.8 Å². The van der Waals surface area contributed by atoms with Gasteiger partial charge >= 0.3 is 0 Å². The number of hydrogen-bond donors (Lipinski definition) is 2. The van der Waals surface area contributed by atoms with Gasteiger partial charge in [-0.3, -0.25) is 0 Å². The number of fused-ring (bicyclic) bond motifs is 1. The molecule has 2 aromatic carbocycles. The fraction of sp³-hybridized carbons (Fsp3) is 0.444. The number of methoxy groups -OCH3 is 2. The second kappa shape index (κ2) is 9.96. The number of rotatable bonds is 11. The second-order valence-corrected chi connectivity index (χ2v) is 7.60. The van der Waals surface area contributed by atoms with Crippen molar-refractivity contribution in [2.75, 3.05) is 47.1 Å². The third-order valence-electron chi connectivity index (χ3n) is 4.13. The third kappa shape index (κ3) is 5.47. The first-order valence-corrected chi connectivity index (χ1v) is 9.90. The molecule has 0 bridgehead atoms. The monoisotopic (exact) mass is 381 g/mol. The van der Waals surface area contributed by atoms with Gasteiger partial charge in [-0.25, -0.2) is 0 Å². The van der Waals surface area contributed by atoms with Crippen LogP contribution in [0.1, 0.15) is 11.6 Å². The molecule has 26 heavy (non-hydrogen) atoms. The quantitative estimate of drug-likeness (QED) is 0.611. The summed E-state index contributed by atoms with van der Waals surface area (Å²) in [5.74, 6) is 0. The first kappa shape index (κ1) is 20.8. The molecule has 0 aliphatic heterocycles. The molecule has 2 aromatic rings. The lowest BCUT2D eigenvalue weighted by Crippen LogP contribution is -2.46. The van der Waals surface area contributed by atoms with Crippen LogP contribution in [0.3, 0.4) is 0 Å². The summed E-state index contributed by atoms with van der Waals surface area (Å²) in [6.45, 7) is 1.23. The van der Waals surface area contributed by atoms with Crippen molar-refractivity contribution in [3.63, 3.8) is 0 Å². The fourth-order valence-corrected chi connectivity index (χ4v) is 4.04. The van der Waals surface area contributed by atoms with Crippen molar-refractivity contribution in [1.29, 1.82) is 0 Å². The highest BCUT2D eigenvalue weighted by Gasteiger charge is 2.25. The highest BCUT2D eigenvalue weighted by molar-refractivity contribution is 7.87. The van der Waals surface area contributed by atoms with Crippen molar-refractivity contribution < 1.29 is 17.9 Å². The molecule has 3 N–H and O–H groups in total. The summed E-state index contributed by atoms with van der Waals surface area (Å²) in [5, 5.41) is 2.13. The van der Waals surface area contributed by atoms with Gasteiger partial charge in [0.25, 0.3) is 10.2 Å². The molecule has 0 saturated heterocycles. The van der Waals surface area contributed by atoms with E-state index in [2.05, 4.69) is 4.72 Å². The fourth-order valence-electron chi connectivity index (χ4n) is 2.67. The van der Waals surface area contributed by atoms with Crippen LogP contribution < -0.4 is 10.5 Å². The predicted octanol–water partition coefficient (Wildman–Crippen LogP) is 1.27. The first-order chi connectivity index (χ1) is 12.5. The van der Waals surface area contributed by atoms with Crippen molar-refractivity contribution in [2.24, 2.45) is 5.73 Å². The Morgan fingerprint density at radius 1 is 1.04 bits per heavy atom. The number of nitrogens with one attached hydrogen (secondary N) is 1. The average Bonchev–Trinajstić information content (AvgIpc) is 2.65. The van der Waals surface area contributed by atoms with Gasteiger partial charge in [0.1, 0.15) is 0 Å². The molecular formula is C18H27N3O4S. The van der Waals surface area contributed by atoms with Crippen LogP contribution in [0.5, 0.6) is 0 Å². The molecule has 0 aliphatic carbocycles. The smallest absolute Gasteiger partial charge is 0.280 e. The molecule has 0 saturated carbocycles. The topological polar surface area (TPSA) is 93.9 Å². The van der Waals surface area contributed by atoms with Gasteiger partial charge in [0.05, 0.1) is 19.3 Å². The third-order valence-corrected chi connectivity index (χ3v) is 5.76. The minimum absolute atomic E-state index is 0.153. The van der Waals surface area contributed by atoms with Crippen molar-refractivity contribution in [1.82, 2.24) is 9.03 Å². The second-order valence-electron chi connectivity index (χ2n) is 5.90. The van der Waals surface area contributed by atoms with Gasteiger partial charge in [-0.1, -0.05) is 36.4 Å². The summed E-state index contributed by atoms with van der Waals surface area (Å²) in [5.41, 5.74) is 6.69. The Bertz CT molecular complexity index is 790. The maximum absolute atomic E-state index is 12.8. The van der Waals surface area contributed by atoms with Crippen molar-refractivity contribution in [2.45, 2.75) is 6.04 Å². The average molecular weight is 381 g/mol. The Balaban J connectivity index is 2.21. The van der Waals surface area contributed by atoms with Gasteiger partial charge in [0.2, 0.25) is 0 Å². The van der Waals surface area contributed by atoms with Gasteiger partial charge in [0, 0.05) is 33.9 Å². The van der Waals surface area contributed by atoms with Crippen molar-refractivity contribution in [3.8, 4) is 0 Å². The molecule has 8 heteroatoms. The van der Waals surface area contributed by atoms with E-state index < -0.39 is 16.3 Å². The van der Waals surface area contributed by atoms with Crippen LogP contribution in [0, 0.1) is 0 Å². The summed E-state index contributed by atoms with van der Waals surface area (Å²) in [6, 6.07) is 13.2. The molecule has 1 atom stereocenters. The molecular weight excluding hydrogens is 354 g/mol. The molecule has 0 radical (unpaired) electrons. The van der Waals surface area contributed by atoms with Gasteiger partial charge in [-0.2, -0.15) is 17.4 Å². The van der Waals surface area contributed by atoms with Crippen LogP contribution in [-0.2, 0) is 19.7 Å². The van der Waals surface area contributed by atoms with Gasteiger partial charge in [-0.15, -0.1) is 0 Å². The number of nitrogens with two attached hydrogens (primary N) is 1. The Kier molecular flexibility index (Phi) is 7.95. The lowest BCUT2D eigenvalue weighted by molar-refractivity contribution is 0.149. The Labute approximate surface area is 155 Å². The zero-order chi connectivity index (χ0) is 19.0. The normalized spacial score (nSPS) is 13.4. The van der Waals surface area contributed by atoms with E-state index in [1.165, 1.54) is 18.5 Å². The molecule has 0 amide bonds.